The molecule has 0 spiro atoms. The fourth-order valence-corrected chi connectivity index (χ4v) is 2.28. The summed E-state index contributed by atoms with van der Waals surface area (Å²) in [5.41, 5.74) is 1.06. The van der Waals surface area contributed by atoms with E-state index in [1.165, 1.54) is 6.20 Å². The maximum atomic E-state index is 12.6. The number of amides is 1. The summed E-state index contributed by atoms with van der Waals surface area (Å²) in [6.07, 6.45) is 3.09. The highest BCUT2D eigenvalue weighted by molar-refractivity contribution is 5.95. The smallest absolute Gasteiger partial charge is 0.350 e. The Labute approximate surface area is 149 Å². The van der Waals surface area contributed by atoms with E-state index < -0.39 is 5.97 Å². The van der Waals surface area contributed by atoms with Gasteiger partial charge in [0.25, 0.3) is 5.91 Å². The molecule has 0 aromatic heterocycles. The highest BCUT2D eigenvalue weighted by Gasteiger charge is 2.14. The highest BCUT2D eigenvalue weighted by Crippen LogP contribution is 2.14. The number of nitriles is 1. The Kier molecular flexibility index (Phi) is 8.80. The summed E-state index contributed by atoms with van der Waals surface area (Å²) in [6, 6.07) is 8.78. The van der Waals surface area contributed by atoms with Gasteiger partial charge in [-0.3, -0.25) is 4.79 Å². The maximum absolute atomic E-state index is 12.6. The number of ether oxygens (including phenoxy) is 1. The van der Waals surface area contributed by atoms with E-state index in [1.54, 1.807) is 37.3 Å². The molecule has 0 aliphatic carbocycles. The molecule has 1 aromatic carbocycles. The van der Waals surface area contributed by atoms with Gasteiger partial charge in [-0.05, 0) is 38.0 Å². The quantitative estimate of drug-likeness (QED) is 0.422. The Bertz CT molecular complexity index is 656. The zero-order chi connectivity index (χ0) is 18.7. The minimum Gasteiger partial charge on any atom is -0.462 e. The third-order valence-corrected chi connectivity index (χ3v) is 3.38. The molecule has 6 nitrogen and oxygen atoms in total. The van der Waals surface area contributed by atoms with E-state index in [0.717, 1.165) is 12.8 Å². The zero-order valence-corrected chi connectivity index (χ0v) is 15.0. The summed E-state index contributed by atoms with van der Waals surface area (Å²) >= 11 is 0. The summed E-state index contributed by atoms with van der Waals surface area (Å²) in [7, 11) is 0. The van der Waals surface area contributed by atoms with Gasteiger partial charge < -0.3 is 15.0 Å². The van der Waals surface area contributed by atoms with Crippen molar-refractivity contribution in [3.05, 3.63) is 41.6 Å². The Hall–Kier alpha value is -2.81. The fourth-order valence-electron chi connectivity index (χ4n) is 2.28. The molecule has 0 saturated heterocycles. The van der Waals surface area contributed by atoms with Crippen LogP contribution in [0, 0.1) is 11.3 Å². The molecule has 1 aromatic rings. The maximum Gasteiger partial charge on any atom is 0.350 e. The lowest BCUT2D eigenvalue weighted by Gasteiger charge is -2.21. The van der Waals surface area contributed by atoms with Gasteiger partial charge in [-0.15, -0.1) is 0 Å². The molecule has 1 rings (SSSR count). The van der Waals surface area contributed by atoms with Crippen LogP contribution in [0.25, 0.3) is 0 Å². The van der Waals surface area contributed by atoms with E-state index in [0.29, 0.717) is 24.3 Å². The van der Waals surface area contributed by atoms with E-state index in [1.807, 2.05) is 18.7 Å². The minimum atomic E-state index is -0.679. The zero-order valence-electron chi connectivity index (χ0n) is 15.0. The molecule has 0 heterocycles. The largest absolute Gasteiger partial charge is 0.462 e. The molecule has 0 saturated carbocycles. The number of anilines is 1. The number of nitrogens with one attached hydrogen (secondary N) is 1. The lowest BCUT2D eigenvalue weighted by molar-refractivity contribution is -0.138. The highest BCUT2D eigenvalue weighted by atomic mass is 16.5. The summed E-state index contributed by atoms with van der Waals surface area (Å²) in [6.45, 7) is 7.38. The van der Waals surface area contributed by atoms with Crippen molar-refractivity contribution in [3.8, 4) is 6.07 Å². The van der Waals surface area contributed by atoms with Crippen LogP contribution < -0.4 is 5.32 Å². The second-order valence-corrected chi connectivity index (χ2v) is 5.41. The van der Waals surface area contributed by atoms with Gasteiger partial charge in [-0.25, -0.2) is 4.79 Å². The molecular formula is C19H25N3O3. The van der Waals surface area contributed by atoms with Crippen LogP contribution >= 0.6 is 0 Å². The van der Waals surface area contributed by atoms with E-state index in [4.69, 9.17) is 10.00 Å². The first-order chi connectivity index (χ1) is 12.1. The second-order valence-electron chi connectivity index (χ2n) is 5.41. The van der Waals surface area contributed by atoms with Gasteiger partial charge in [0.15, 0.2) is 5.57 Å². The van der Waals surface area contributed by atoms with Gasteiger partial charge >= 0.3 is 5.97 Å². The molecule has 134 valence electrons. The van der Waals surface area contributed by atoms with Crippen molar-refractivity contribution in [2.75, 3.05) is 25.0 Å². The minimum absolute atomic E-state index is 0.0257. The van der Waals surface area contributed by atoms with Crippen LogP contribution in [0.15, 0.2) is 36.0 Å². The average molecular weight is 343 g/mol. The monoisotopic (exact) mass is 343 g/mol. The van der Waals surface area contributed by atoms with Crippen LogP contribution in [0.4, 0.5) is 5.69 Å². The van der Waals surface area contributed by atoms with E-state index in [9.17, 15) is 9.59 Å². The average Bonchev–Trinajstić information content (AvgIpc) is 2.62. The Morgan fingerprint density at radius 3 is 2.48 bits per heavy atom. The van der Waals surface area contributed by atoms with Crippen LogP contribution in [-0.2, 0) is 9.53 Å². The first kappa shape index (κ1) is 20.2. The lowest BCUT2D eigenvalue weighted by atomic mass is 10.1. The SMILES string of the molecule is CCCN(CCC)C(=O)c1cccc(N/C=C(/C#N)C(=O)OCC)c1. The van der Waals surface area contributed by atoms with Gasteiger partial charge in [0.2, 0.25) is 0 Å². The van der Waals surface area contributed by atoms with Crippen LogP contribution in [-0.4, -0.2) is 36.5 Å². The predicted octanol–water partition coefficient (Wildman–Crippen LogP) is 3.33. The third kappa shape index (κ3) is 6.30. The van der Waals surface area contributed by atoms with Crippen LogP contribution in [0.3, 0.4) is 0 Å². The van der Waals surface area contributed by atoms with Gasteiger partial charge in [0, 0.05) is 30.5 Å². The number of hydrogen-bond donors (Lipinski definition) is 1. The molecule has 0 aliphatic rings. The Morgan fingerprint density at radius 1 is 1.24 bits per heavy atom. The van der Waals surface area contributed by atoms with Crippen molar-refractivity contribution in [2.24, 2.45) is 0 Å². The molecule has 25 heavy (non-hydrogen) atoms. The summed E-state index contributed by atoms with van der Waals surface area (Å²) in [5.74, 6) is -0.705. The van der Waals surface area contributed by atoms with Crippen molar-refractivity contribution < 1.29 is 14.3 Å². The number of rotatable bonds is 9. The van der Waals surface area contributed by atoms with Crippen molar-refractivity contribution in [1.29, 1.82) is 5.26 Å². The van der Waals surface area contributed by atoms with Crippen molar-refractivity contribution >= 4 is 17.6 Å². The Balaban J connectivity index is 2.92. The van der Waals surface area contributed by atoms with E-state index in [2.05, 4.69) is 5.32 Å². The first-order valence-corrected chi connectivity index (χ1v) is 8.50. The van der Waals surface area contributed by atoms with Crippen molar-refractivity contribution in [1.82, 2.24) is 4.90 Å². The molecule has 1 N–H and O–H groups in total. The topological polar surface area (TPSA) is 82.4 Å². The lowest BCUT2D eigenvalue weighted by Crippen LogP contribution is -2.32. The fraction of sp³-hybridized carbons (Fsp3) is 0.421. The molecule has 0 bridgehead atoms. The molecule has 0 unspecified atom stereocenters. The number of carbonyl (C=O) groups is 2. The summed E-state index contributed by atoms with van der Waals surface area (Å²) in [5, 5.41) is 11.9. The van der Waals surface area contributed by atoms with E-state index >= 15 is 0 Å². The summed E-state index contributed by atoms with van der Waals surface area (Å²) in [4.78, 5) is 26.0. The third-order valence-electron chi connectivity index (χ3n) is 3.38. The van der Waals surface area contributed by atoms with Crippen molar-refractivity contribution in [3.63, 3.8) is 0 Å². The van der Waals surface area contributed by atoms with Gasteiger partial charge in [-0.2, -0.15) is 5.26 Å². The molecule has 1 amide bonds. The van der Waals surface area contributed by atoms with Crippen LogP contribution in [0.2, 0.25) is 0 Å². The number of hydrogen-bond acceptors (Lipinski definition) is 5. The summed E-state index contributed by atoms with van der Waals surface area (Å²) < 4.78 is 4.80. The number of benzene rings is 1. The van der Waals surface area contributed by atoms with Gasteiger partial charge in [0.05, 0.1) is 6.61 Å². The van der Waals surface area contributed by atoms with Crippen LogP contribution in [0.5, 0.6) is 0 Å². The standard InChI is InChI=1S/C19H25N3O3/c1-4-10-22(11-5-2)18(23)15-8-7-9-17(12-15)21-14-16(13-20)19(24)25-6-3/h7-9,12,14,21H,4-6,10-11H2,1-3H3/b16-14-. The van der Waals surface area contributed by atoms with Gasteiger partial charge in [-0.1, -0.05) is 19.9 Å². The second kappa shape index (κ2) is 10.9. The molecule has 0 radical (unpaired) electrons. The van der Waals surface area contributed by atoms with Crippen LogP contribution in [0.1, 0.15) is 44.0 Å². The molecular weight excluding hydrogens is 318 g/mol. The number of carbonyl (C=O) groups excluding carboxylic acids is 2. The molecule has 0 fully saturated rings. The molecule has 0 atom stereocenters. The Morgan fingerprint density at radius 2 is 1.92 bits per heavy atom. The molecule has 0 aliphatic heterocycles. The predicted molar refractivity (Wildman–Crippen MR) is 96.9 cm³/mol. The van der Waals surface area contributed by atoms with E-state index in [-0.39, 0.29) is 18.1 Å². The van der Waals surface area contributed by atoms with Crippen molar-refractivity contribution in [2.45, 2.75) is 33.6 Å². The normalized spacial score (nSPS) is 10.7. The number of nitrogens with zero attached hydrogens (tertiary/aromatic N) is 2. The van der Waals surface area contributed by atoms with Gasteiger partial charge in [0.1, 0.15) is 6.07 Å². The first-order valence-electron chi connectivity index (χ1n) is 8.50. The number of esters is 1. The molecule has 6 heteroatoms.